The Morgan fingerprint density at radius 2 is 1.93 bits per heavy atom. The molecular weight excluding hydrogens is 368 g/mol. The molecule has 0 saturated carbocycles. The predicted molar refractivity (Wildman–Crippen MR) is 110 cm³/mol. The molecule has 0 spiro atoms. The third-order valence-electron chi connectivity index (χ3n) is 5.34. The van der Waals surface area contributed by atoms with Crippen LogP contribution in [0.5, 0.6) is 17.2 Å². The Labute approximate surface area is 171 Å². The molecule has 0 unspecified atom stereocenters. The zero-order valence-electron chi connectivity index (χ0n) is 16.6. The van der Waals surface area contributed by atoms with Gasteiger partial charge in [0.1, 0.15) is 25.1 Å². The summed E-state index contributed by atoms with van der Waals surface area (Å²) in [7, 11) is 0. The van der Waals surface area contributed by atoms with Crippen LogP contribution in [0.15, 0.2) is 48.5 Å². The molecule has 154 valence electrons. The number of amides is 1. The highest BCUT2D eigenvalue weighted by molar-refractivity contribution is 5.76. The summed E-state index contributed by atoms with van der Waals surface area (Å²) in [6.07, 6.45) is 2.51. The van der Waals surface area contributed by atoms with E-state index in [2.05, 4.69) is 10.6 Å². The van der Waals surface area contributed by atoms with Crippen molar-refractivity contribution in [2.75, 3.05) is 26.2 Å². The van der Waals surface area contributed by atoms with Gasteiger partial charge in [-0.25, -0.2) is 0 Å². The number of rotatable bonds is 7. The van der Waals surface area contributed by atoms with E-state index in [1.165, 1.54) is 0 Å². The van der Waals surface area contributed by atoms with E-state index in [-0.39, 0.29) is 12.0 Å². The minimum atomic E-state index is -0.205. The molecule has 6 nitrogen and oxygen atoms in total. The highest BCUT2D eigenvalue weighted by Gasteiger charge is 2.23. The number of carbonyl (C=O) groups excluding carboxylic acids is 1. The summed E-state index contributed by atoms with van der Waals surface area (Å²) in [4.78, 5) is 12.2. The van der Waals surface area contributed by atoms with Crippen molar-refractivity contribution < 1.29 is 19.0 Å². The molecule has 2 aromatic carbocycles. The predicted octanol–water partition coefficient (Wildman–Crippen LogP) is 2.91. The lowest BCUT2D eigenvalue weighted by molar-refractivity contribution is -0.122. The summed E-state index contributed by atoms with van der Waals surface area (Å²) in [5.41, 5.74) is 1.11. The Balaban J connectivity index is 1.26. The first kappa shape index (κ1) is 19.6. The van der Waals surface area contributed by atoms with Crippen molar-refractivity contribution in [2.45, 2.75) is 32.0 Å². The van der Waals surface area contributed by atoms with Crippen LogP contribution in [0, 0.1) is 5.92 Å². The van der Waals surface area contributed by atoms with E-state index in [0.29, 0.717) is 43.6 Å². The molecule has 2 N–H and O–H groups in total. The van der Waals surface area contributed by atoms with Crippen LogP contribution in [-0.2, 0) is 11.4 Å². The highest BCUT2D eigenvalue weighted by atomic mass is 16.6. The summed E-state index contributed by atoms with van der Waals surface area (Å²) < 4.78 is 17.7. The lowest BCUT2D eigenvalue weighted by Crippen LogP contribution is -2.41. The molecule has 0 radical (unpaired) electrons. The van der Waals surface area contributed by atoms with E-state index in [4.69, 9.17) is 14.2 Å². The second kappa shape index (κ2) is 9.65. The summed E-state index contributed by atoms with van der Waals surface area (Å²) in [6.45, 7) is 3.37. The fourth-order valence-electron chi connectivity index (χ4n) is 3.68. The molecule has 1 saturated heterocycles. The average Bonchev–Trinajstić information content (AvgIpc) is 2.77. The van der Waals surface area contributed by atoms with Crippen LogP contribution in [-0.4, -0.2) is 38.3 Å². The monoisotopic (exact) mass is 396 g/mol. The van der Waals surface area contributed by atoms with Crippen molar-refractivity contribution in [1.82, 2.24) is 10.6 Å². The third kappa shape index (κ3) is 5.64. The van der Waals surface area contributed by atoms with Gasteiger partial charge < -0.3 is 24.8 Å². The molecule has 1 amide bonds. The molecule has 29 heavy (non-hydrogen) atoms. The van der Waals surface area contributed by atoms with Gasteiger partial charge in [-0.1, -0.05) is 30.3 Å². The summed E-state index contributed by atoms with van der Waals surface area (Å²) in [5, 5.41) is 6.32. The maximum absolute atomic E-state index is 12.2. The minimum absolute atomic E-state index is 0.0891. The van der Waals surface area contributed by atoms with Crippen molar-refractivity contribution in [2.24, 2.45) is 5.92 Å². The summed E-state index contributed by atoms with van der Waals surface area (Å²) in [6, 6.07) is 15.6. The Hall–Kier alpha value is -2.73. The van der Waals surface area contributed by atoms with E-state index < -0.39 is 0 Å². The van der Waals surface area contributed by atoms with Gasteiger partial charge in [0.25, 0.3) is 0 Å². The maximum atomic E-state index is 12.2. The lowest BCUT2D eigenvalue weighted by Gasteiger charge is -2.27. The second-order valence-electron chi connectivity index (χ2n) is 7.64. The van der Waals surface area contributed by atoms with Crippen LogP contribution >= 0.6 is 0 Å². The first-order valence-electron chi connectivity index (χ1n) is 10.3. The number of hydrogen-bond donors (Lipinski definition) is 2. The number of benzene rings is 2. The third-order valence-corrected chi connectivity index (χ3v) is 5.34. The van der Waals surface area contributed by atoms with E-state index in [0.717, 1.165) is 37.2 Å². The Bertz CT molecular complexity index is 806. The van der Waals surface area contributed by atoms with E-state index in [9.17, 15) is 4.79 Å². The molecular formula is C23H28N2O4. The van der Waals surface area contributed by atoms with Crippen molar-refractivity contribution >= 4 is 5.91 Å². The average molecular weight is 396 g/mol. The number of nitrogens with one attached hydrogen (secondary N) is 2. The van der Waals surface area contributed by atoms with Gasteiger partial charge in [0.15, 0.2) is 11.5 Å². The number of fused-ring (bicyclic) bond motifs is 1. The van der Waals surface area contributed by atoms with Crippen LogP contribution in [0.25, 0.3) is 0 Å². The topological polar surface area (TPSA) is 68.8 Å². The van der Waals surface area contributed by atoms with E-state index >= 15 is 0 Å². The molecule has 2 heterocycles. The van der Waals surface area contributed by atoms with Crippen molar-refractivity contribution in [3.8, 4) is 17.2 Å². The fourth-order valence-corrected chi connectivity index (χ4v) is 3.68. The Morgan fingerprint density at radius 3 is 2.76 bits per heavy atom. The highest BCUT2D eigenvalue weighted by Crippen LogP contribution is 2.35. The Kier molecular flexibility index (Phi) is 6.52. The van der Waals surface area contributed by atoms with Gasteiger partial charge in [-0.2, -0.15) is 0 Å². The van der Waals surface area contributed by atoms with Crippen LogP contribution < -0.4 is 24.8 Å². The first-order chi connectivity index (χ1) is 14.3. The number of ether oxygens (including phenoxy) is 3. The van der Waals surface area contributed by atoms with Crippen molar-refractivity contribution in [3.05, 3.63) is 54.1 Å². The lowest BCUT2D eigenvalue weighted by atomic mass is 9.94. The zero-order chi connectivity index (χ0) is 19.9. The molecule has 4 rings (SSSR count). The number of carbonyl (C=O) groups is 1. The quantitative estimate of drug-likeness (QED) is 0.753. The number of hydrogen-bond acceptors (Lipinski definition) is 5. The largest absolute Gasteiger partial charge is 0.489 e. The standard InChI is InChI=1S/C23H28N2O4/c26-23(12-17-8-10-24-11-9-17)25-14-20-16-28-21-7-6-19(13-22(21)29-20)27-15-18-4-2-1-3-5-18/h1-7,13,17,20,24H,8-12,14-16H2,(H,25,26)/t20-/m1/s1. The van der Waals surface area contributed by atoms with Crippen LogP contribution in [0.3, 0.4) is 0 Å². The molecule has 6 heteroatoms. The minimum Gasteiger partial charge on any atom is -0.489 e. The fraction of sp³-hybridized carbons (Fsp3) is 0.435. The van der Waals surface area contributed by atoms with Crippen molar-refractivity contribution in [3.63, 3.8) is 0 Å². The van der Waals surface area contributed by atoms with Gasteiger partial charge in [-0.05, 0) is 49.5 Å². The first-order valence-corrected chi connectivity index (χ1v) is 10.3. The van der Waals surface area contributed by atoms with E-state index in [1.54, 1.807) is 0 Å². The van der Waals surface area contributed by atoms with Gasteiger partial charge >= 0.3 is 0 Å². The maximum Gasteiger partial charge on any atom is 0.220 e. The molecule has 0 aromatic heterocycles. The van der Waals surface area contributed by atoms with E-state index in [1.807, 2.05) is 48.5 Å². The van der Waals surface area contributed by atoms with Gasteiger partial charge in [0.2, 0.25) is 5.91 Å². The smallest absolute Gasteiger partial charge is 0.220 e. The molecule has 1 atom stereocenters. The van der Waals surface area contributed by atoms with Gasteiger partial charge in [0.05, 0.1) is 6.54 Å². The molecule has 0 aliphatic carbocycles. The van der Waals surface area contributed by atoms with Crippen LogP contribution in [0.4, 0.5) is 0 Å². The normalized spacial score (nSPS) is 18.8. The molecule has 2 aliphatic heterocycles. The Morgan fingerprint density at radius 1 is 1.10 bits per heavy atom. The molecule has 2 aromatic rings. The molecule has 2 aliphatic rings. The summed E-state index contributed by atoms with van der Waals surface area (Å²) in [5.74, 6) is 2.65. The number of piperidine rings is 1. The second-order valence-corrected chi connectivity index (χ2v) is 7.64. The van der Waals surface area contributed by atoms with Crippen LogP contribution in [0.1, 0.15) is 24.8 Å². The summed E-state index contributed by atoms with van der Waals surface area (Å²) >= 11 is 0. The van der Waals surface area contributed by atoms with Crippen molar-refractivity contribution in [1.29, 1.82) is 0 Å². The molecule has 1 fully saturated rings. The van der Waals surface area contributed by atoms with Gasteiger partial charge in [-0.3, -0.25) is 4.79 Å². The SMILES string of the molecule is O=C(CC1CCNCC1)NC[C@@H]1COc2ccc(OCc3ccccc3)cc2O1. The van der Waals surface area contributed by atoms with Gasteiger partial charge in [0, 0.05) is 12.5 Å². The molecule has 0 bridgehead atoms. The zero-order valence-corrected chi connectivity index (χ0v) is 16.6. The van der Waals surface area contributed by atoms with Gasteiger partial charge in [-0.15, -0.1) is 0 Å². The van der Waals surface area contributed by atoms with Crippen LogP contribution in [0.2, 0.25) is 0 Å².